The van der Waals surface area contributed by atoms with E-state index in [1.54, 1.807) is 12.1 Å². The molecule has 2 aromatic rings. The predicted octanol–water partition coefficient (Wildman–Crippen LogP) is 3.94. The molecule has 0 heterocycles. The normalized spacial score (nSPS) is 12.0. The van der Waals surface area contributed by atoms with Crippen molar-refractivity contribution in [3.8, 4) is 0 Å². The van der Waals surface area contributed by atoms with Gasteiger partial charge in [-0.15, -0.1) is 0 Å². The van der Waals surface area contributed by atoms with Gasteiger partial charge in [-0.3, -0.25) is 4.79 Å². The fourth-order valence-corrected chi connectivity index (χ4v) is 2.30. The van der Waals surface area contributed by atoms with Crippen LogP contribution in [0.15, 0.2) is 48.5 Å². The largest absolute Gasteiger partial charge is 0.349 e. The fraction of sp³-hybridized carbons (Fsp3) is 0.278. The molecule has 0 aliphatic rings. The Morgan fingerprint density at radius 3 is 2.52 bits per heavy atom. The van der Waals surface area contributed by atoms with E-state index in [4.69, 9.17) is 0 Å². The van der Waals surface area contributed by atoms with Crippen molar-refractivity contribution in [3.63, 3.8) is 0 Å². The van der Waals surface area contributed by atoms with Gasteiger partial charge >= 0.3 is 0 Å². The number of halogens is 1. The van der Waals surface area contributed by atoms with Crippen LogP contribution in [0.4, 0.5) is 4.39 Å². The third-order valence-electron chi connectivity index (χ3n) is 3.48. The highest BCUT2D eigenvalue weighted by atomic mass is 19.1. The zero-order valence-corrected chi connectivity index (χ0v) is 12.4. The molecule has 1 atom stereocenters. The summed E-state index contributed by atoms with van der Waals surface area (Å²) in [6, 6.07) is 14.3. The molecule has 0 aromatic heterocycles. The SMILES string of the molecule is CCC(NC(=O)Cc1cccc(F)c1)c1ccc(C)cc1. The molecule has 0 aliphatic carbocycles. The smallest absolute Gasteiger partial charge is 0.224 e. The van der Waals surface area contributed by atoms with Crippen LogP contribution in [0.2, 0.25) is 0 Å². The number of hydrogen-bond donors (Lipinski definition) is 1. The highest BCUT2D eigenvalue weighted by Gasteiger charge is 2.13. The first-order valence-electron chi connectivity index (χ1n) is 7.19. The van der Waals surface area contributed by atoms with Gasteiger partial charge in [-0.1, -0.05) is 48.9 Å². The van der Waals surface area contributed by atoms with E-state index in [0.29, 0.717) is 5.56 Å². The molecule has 1 unspecified atom stereocenters. The maximum absolute atomic E-state index is 13.1. The van der Waals surface area contributed by atoms with Crippen molar-refractivity contribution < 1.29 is 9.18 Å². The molecule has 2 rings (SSSR count). The second kappa shape index (κ2) is 7.02. The first-order valence-corrected chi connectivity index (χ1v) is 7.19. The second-order valence-electron chi connectivity index (χ2n) is 5.25. The molecule has 1 amide bonds. The molecule has 1 N–H and O–H groups in total. The van der Waals surface area contributed by atoms with Crippen LogP contribution in [0.1, 0.15) is 36.1 Å². The maximum atomic E-state index is 13.1. The summed E-state index contributed by atoms with van der Waals surface area (Å²) in [6.45, 7) is 4.07. The Labute approximate surface area is 125 Å². The maximum Gasteiger partial charge on any atom is 0.224 e. The molecule has 0 saturated carbocycles. The summed E-state index contributed by atoms with van der Waals surface area (Å²) in [7, 11) is 0. The van der Waals surface area contributed by atoms with Crippen LogP contribution in [0.5, 0.6) is 0 Å². The summed E-state index contributed by atoms with van der Waals surface area (Å²) in [6.07, 6.45) is 1.01. The Morgan fingerprint density at radius 1 is 1.19 bits per heavy atom. The van der Waals surface area contributed by atoms with E-state index in [9.17, 15) is 9.18 Å². The van der Waals surface area contributed by atoms with Crippen molar-refractivity contribution >= 4 is 5.91 Å². The summed E-state index contributed by atoms with van der Waals surface area (Å²) in [5.41, 5.74) is 2.97. The average Bonchev–Trinajstić information content (AvgIpc) is 2.46. The summed E-state index contributed by atoms with van der Waals surface area (Å²) in [5.74, 6) is -0.404. The molecule has 2 nitrogen and oxygen atoms in total. The minimum Gasteiger partial charge on any atom is -0.349 e. The van der Waals surface area contributed by atoms with Gasteiger partial charge in [0.25, 0.3) is 0 Å². The molecule has 21 heavy (non-hydrogen) atoms. The highest BCUT2D eigenvalue weighted by Crippen LogP contribution is 2.17. The van der Waals surface area contributed by atoms with Gasteiger partial charge in [0.15, 0.2) is 0 Å². The molecule has 0 spiro atoms. The molecule has 0 saturated heterocycles. The average molecular weight is 285 g/mol. The molecule has 0 radical (unpaired) electrons. The Morgan fingerprint density at radius 2 is 1.90 bits per heavy atom. The minimum absolute atomic E-state index is 0.00772. The van der Waals surface area contributed by atoms with Crippen LogP contribution in [0.3, 0.4) is 0 Å². The van der Waals surface area contributed by atoms with Gasteiger partial charge in [-0.05, 0) is 36.6 Å². The summed E-state index contributed by atoms with van der Waals surface area (Å²) >= 11 is 0. The van der Waals surface area contributed by atoms with Crippen molar-refractivity contribution in [3.05, 3.63) is 71.0 Å². The molecular formula is C18H20FNO. The topological polar surface area (TPSA) is 29.1 Å². The van der Waals surface area contributed by atoms with E-state index < -0.39 is 0 Å². The lowest BCUT2D eigenvalue weighted by Crippen LogP contribution is -2.29. The fourth-order valence-electron chi connectivity index (χ4n) is 2.30. The van der Waals surface area contributed by atoms with Crippen LogP contribution in [0, 0.1) is 12.7 Å². The minimum atomic E-state index is -0.314. The summed E-state index contributed by atoms with van der Waals surface area (Å²) < 4.78 is 13.1. The highest BCUT2D eigenvalue weighted by molar-refractivity contribution is 5.79. The number of aryl methyl sites for hydroxylation is 1. The number of rotatable bonds is 5. The number of nitrogens with one attached hydrogen (secondary N) is 1. The van der Waals surface area contributed by atoms with E-state index in [1.165, 1.54) is 17.7 Å². The Kier molecular flexibility index (Phi) is 5.09. The number of hydrogen-bond acceptors (Lipinski definition) is 1. The summed E-state index contributed by atoms with van der Waals surface area (Å²) in [5, 5.41) is 3.01. The number of carbonyl (C=O) groups excluding carboxylic acids is 1. The van der Waals surface area contributed by atoms with Gasteiger partial charge in [0.05, 0.1) is 12.5 Å². The molecular weight excluding hydrogens is 265 g/mol. The number of carbonyl (C=O) groups is 1. The van der Waals surface area contributed by atoms with E-state index in [1.807, 2.05) is 38.1 Å². The lowest BCUT2D eigenvalue weighted by molar-refractivity contribution is -0.121. The van der Waals surface area contributed by atoms with Gasteiger partial charge in [0.2, 0.25) is 5.91 Å². The Bertz CT molecular complexity index is 607. The van der Waals surface area contributed by atoms with Crippen LogP contribution in [-0.2, 0) is 11.2 Å². The molecule has 0 fully saturated rings. The van der Waals surface area contributed by atoms with Crippen LogP contribution in [-0.4, -0.2) is 5.91 Å². The predicted molar refractivity (Wildman–Crippen MR) is 82.5 cm³/mol. The monoisotopic (exact) mass is 285 g/mol. The third kappa shape index (κ3) is 4.42. The van der Waals surface area contributed by atoms with Crippen molar-refractivity contribution in [2.24, 2.45) is 0 Å². The Balaban J connectivity index is 2.01. The molecule has 110 valence electrons. The molecule has 0 bridgehead atoms. The van der Waals surface area contributed by atoms with Gasteiger partial charge in [0, 0.05) is 0 Å². The zero-order valence-electron chi connectivity index (χ0n) is 12.4. The van der Waals surface area contributed by atoms with Crippen molar-refractivity contribution in [2.45, 2.75) is 32.7 Å². The van der Waals surface area contributed by atoms with E-state index in [0.717, 1.165) is 12.0 Å². The molecule has 3 heteroatoms. The molecule has 2 aromatic carbocycles. The van der Waals surface area contributed by atoms with Crippen molar-refractivity contribution in [1.29, 1.82) is 0 Å². The zero-order chi connectivity index (χ0) is 15.2. The van der Waals surface area contributed by atoms with E-state index in [2.05, 4.69) is 5.32 Å². The lowest BCUT2D eigenvalue weighted by atomic mass is 10.0. The second-order valence-corrected chi connectivity index (χ2v) is 5.25. The van der Waals surface area contributed by atoms with Gasteiger partial charge in [-0.25, -0.2) is 4.39 Å². The van der Waals surface area contributed by atoms with E-state index >= 15 is 0 Å². The van der Waals surface area contributed by atoms with Crippen LogP contribution in [0.25, 0.3) is 0 Å². The first kappa shape index (κ1) is 15.2. The standard InChI is InChI=1S/C18H20FNO/c1-3-17(15-9-7-13(2)8-10-15)20-18(21)12-14-5-4-6-16(19)11-14/h4-11,17H,3,12H2,1-2H3,(H,20,21). The third-order valence-corrected chi connectivity index (χ3v) is 3.48. The van der Waals surface area contributed by atoms with Gasteiger partial charge < -0.3 is 5.32 Å². The van der Waals surface area contributed by atoms with E-state index in [-0.39, 0.29) is 24.2 Å². The first-order chi connectivity index (χ1) is 10.1. The van der Waals surface area contributed by atoms with Crippen LogP contribution < -0.4 is 5.32 Å². The lowest BCUT2D eigenvalue weighted by Gasteiger charge is -2.17. The van der Waals surface area contributed by atoms with Crippen molar-refractivity contribution in [1.82, 2.24) is 5.32 Å². The summed E-state index contributed by atoms with van der Waals surface area (Å²) in [4.78, 5) is 12.1. The quantitative estimate of drug-likeness (QED) is 0.885. The van der Waals surface area contributed by atoms with Gasteiger partial charge in [-0.2, -0.15) is 0 Å². The number of benzene rings is 2. The Hall–Kier alpha value is -2.16. The van der Waals surface area contributed by atoms with Crippen LogP contribution >= 0.6 is 0 Å². The van der Waals surface area contributed by atoms with Crippen molar-refractivity contribution in [2.75, 3.05) is 0 Å². The molecule has 0 aliphatic heterocycles. The van der Waals surface area contributed by atoms with Gasteiger partial charge in [0.1, 0.15) is 5.82 Å². The number of amides is 1.